The maximum Gasteiger partial charge on any atom is 0.254 e. The lowest BCUT2D eigenvalue weighted by molar-refractivity contribution is 0.0511. The molecule has 0 aliphatic carbocycles. The summed E-state index contributed by atoms with van der Waals surface area (Å²) >= 11 is 0. The van der Waals surface area contributed by atoms with Crippen LogP contribution in [-0.4, -0.2) is 29.5 Å². The Balaban J connectivity index is 2.22. The van der Waals surface area contributed by atoms with Gasteiger partial charge in [0.25, 0.3) is 5.91 Å². The van der Waals surface area contributed by atoms with Crippen molar-refractivity contribution >= 4 is 11.6 Å². The first-order valence-electron chi connectivity index (χ1n) is 7.39. The molecule has 2 rings (SSSR count). The van der Waals surface area contributed by atoms with Gasteiger partial charge in [0.2, 0.25) is 0 Å². The number of nitrogen functional groups attached to an aromatic ring is 1. The average molecular weight is 276 g/mol. The second-order valence-corrected chi connectivity index (χ2v) is 5.53. The number of nitrogens with zero attached hydrogens (tertiary/aromatic N) is 1. The molecule has 0 aromatic heterocycles. The summed E-state index contributed by atoms with van der Waals surface area (Å²) in [7, 11) is 0. The minimum absolute atomic E-state index is 0.0689. The predicted molar refractivity (Wildman–Crippen MR) is 81.0 cm³/mol. The van der Waals surface area contributed by atoms with Crippen molar-refractivity contribution in [2.24, 2.45) is 0 Å². The molecule has 0 unspecified atom stereocenters. The summed E-state index contributed by atoms with van der Waals surface area (Å²) in [6.45, 7) is 6.71. The number of ether oxygens (including phenoxy) is 1. The van der Waals surface area contributed by atoms with Crippen LogP contribution >= 0.6 is 0 Å². The standard InChI is InChI=1S/C16H24N2O2/c1-4-20-15-9-8-13(10-14(15)17)16(19)18-11(2)6-5-7-12(18)3/h8-12H,4-7,17H2,1-3H3/t11-,12+. The fourth-order valence-corrected chi connectivity index (χ4v) is 2.94. The number of rotatable bonds is 3. The number of amides is 1. The summed E-state index contributed by atoms with van der Waals surface area (Å²) in [5, 5.41) is 0. The minimum atomic E-state index is 0.0689. The van der Waals surface area contributed by atoms with Gasteiger partial charge in [-0.3, -0.25) is 4.79 Å². The lowest BCUT2D eigenvalue weighted by Crippen LogP contribution is -2.47. The monoisotopic (exact) mass is 276 g/mol. The number of nitrogens with two attached hydrogens (primary N) is 1. The first-order valence-corrected chi connectivity index (χ1v) is 7.39. The molecule has 2 atom stereocenters. The number of benzene rings is 1. The van der Waals surface area contributed by atoms with Crippen molar-refractivity contribution in [3.05, 3.63) is 23.8 Å². The van der Waals surface area contributed by atoms with E-state index in [1.165, 1.54) is 6.42 Å². The van der Waals surface area contributed by atoms with Crippen molar-refractivity contribution in [3.63, 3.8) is 0 Å². The van der Waals surface area contributed by atoms with Crippen LogP contribution in [0.1, 0.15) is 50.4 Å². The van der Waals surface area contributed by atoms with Crippen LogP contribution in [-0.2, 0) is 0 Å². The van der Waals surface area contributed by atoms with E-state index in [2.05, 4.69) is 13.8 Å². The molecule has 1 aromatic rings. The predicted octanol–water partition coefficient (Wildman–Crippen LogP) is 3.07. The van der Waals surface area contributed by atoms with Crippen molar-refractivity contribution in [2.45, 2.75) is 52.1 Å². The summed E-state index contributed by atoms with van der Waals surface area (Å²) in [5.41, 5.74) is 7.12. The molecule has 1 aliphatic rings. The molecule has 4 heteroatoms. The molecule has 20 heavy (non-hydrogen) atoms. The zero-order valence-electron chi connectivity index (χ0n) is 12.6. The van der Waals surface area contributed by atoms with Crippen LogP contribution in [0.2, 0.25) is 0 Å². The summed E-state index contributed by atoms with van der Waals surface area (Å²) < 4.78 is 5.41. The van der Waals surface area contributed by atoms with Crippen molar-refractivity contribution in [1.29, 1.82) is 0 Å². The number of piperidine rings is 1. The van der Waals surface area contributed by atoms with Crippen molar-refractivity contribution < 1.29 is 9.53 Å². The van der Waals surface area contributed by atoms with Crippen molar-refractivity contribution in [1.82, 2.24) is 4.90 Å². The number of carbonyl (C=O) groups excluding carboxylic acids is 1. The molecule has 4 nitrogen and oxygen atoms in total. The third kappa shape index (κ3) is 2.89. The maximum absolute atomic E-state index is 12.7. The normalized spacial score (nSPS) is 22.6. The van der Waals surface area contributed by atoms with Gasteiger partial charge >= 0.3 is 0 Å². The molecular formula is C16H24N2O2. The second kappa shape index (κ2) is 6.16. The molecule has 0 spiro atoms. The molecule has 0 radical (unpaired) electrons. The van der Waals surface area contributed by atoms with Gasteiger partial charge in [-0.2, -0.15) is 0 Å². The van der Waals surface area contributed by atoms with Crippen LogP contribution in [0.4, 0.5) is 5.69 Å². The lowest BCUT2D eigenvalue weighted by Gasteiger charge is -2.39. The Morgan fingerprint density at radius 2 is 2.00 bits per heavy atom. The van der Waals surface area contributed by atoms with Gasteiger partial charge in [-0.15, -0.1) is 0 Å². The smallest absolute Gasteiger partial charge is 0.254 e. The van der Waals surface area contributed by atoms with Crippen LogP contribution in [0.5, 0.6) is 5.75 Å². The summed E-state index contributed by atoms with van der Waals surface area (Å²) in [5.74, 6) is 0.711. The second-order valence-electron chi connectivity index (χ2n) is 5.53. The van der Waals surface area contributed by atoms with E-state index < -0.39 is 0 Å². The molecule has 1 amide bonds. The maximum atomic E-state index is 12.7. The highest BCUT2D eigenvalue weighted by atomic mass is 16.5. The van der Waals surface area contributed by atoms with E-state index in [1.807, 2.05) is 11.8 Å². The molecule has 1 aliphatic heterocycles. The number of carbonyl (C=O) groups is 1. The van der Waals surface area contributed by atoms with Gasteiger partial charge in [-0.25, -0.2) is 0 Å². The molecular weight excluding hydrogens is 252 g/mol. The van der Waals surface area contributed by atoms with Gasteiger partial charge in [-0.1, -0.05) is 0 Å². The van der Waals surface area contributed by atoms with Gasteiger partial charge in [0.1, 0.15) is 5.75 Å². The fourth-order valence-electron chi connectivity index (χ4n) is 2.94. The lowest BCUT2D eigenvalue weighted by atomic mass is 9.96. The fraction of sp³-hybridized carbons (Fsp3) is 0.562. The molecule has 1 fully saturated rings. The summed E-state index contributed by atoms with van der Waals surface area (Å²) in [6.07, 6.45) is 3.34. The zero-order valence-corrected chi connectivity index (χ0v) is 12.6. The molecule has 1 heterocycles. The van der Waals surface area contributed by atoms with E-state index >= 15 is 0 Å². The van der Waals surface area contributed by atoms with Gasteiger partial charge < -0.3 is 15.4 Å². The molecule has 0 bridgehead atoms. The van der Waals surface area contributed by atoms with Crippen LogP contribution < -0.4 is 10.5 Å². The first kappa shape index (κ1) is 14.7. The van der Waals surface area contributed by atoms with Crippen LogP contribution in [0.15, 0.2) is 18.2 Å². The Kier molecular flexibility index (Phi) is 4.53. The Hall–Kier alpha value is -1.71. The Morgan fingerprint density at radius 1 is 1.35 bits per heavy atom. The zero-order chi connectivity index (χ0) is 14.7. The number of anilines is 1. The van der Waals surface area contributed by atoms with E-state index in [-0.39, 0.29) is 5.91 Å². The highest BCUT2D eigenvalue weighted by Crippen LogP contribution is 2.27. The van der Waals surface area contributed by atoms with Crippen LogP contribution in [0.3, 0.4) is 0 Å². The molecule has 2 N–H and O–H groups in total. The molecule has 110 valence electrons. The average Bonchev–Trinajstić information content (AvgIpc) is 2.41. The quantitative estimate of drug-likeness (QED) is 0.863. The van der Waals surface area contributed by atoms with Gasteiger partial charge in [0.15, 0.2) is 0 Å². The number of likely N-dealkylation sites (tertiary alicyclic amines) is 1. The van der Waals surface area contributed by atoms with E-state index in [1.54, 1.807) is 18.2 Å². The molecule has 1 saturated heterocycles. The highest BCUT2D eigenvalue weighted by molar-refractivity contribution is 5.96. The molecule has 0 saturated carbocycles. The van der Waals surface area contributed by atoms with Gasteiger partial charge in [0, 0.05) is 17.6 Å². The van der Waals surface area contributed by atoms with Crippen molar-refractivity contribution in [2.75, 3.05) is 12.3 Å². The Labute approximate surface area is 120 Å². The number of hydrogen-bond donors (Lipinski definition) is 1. The topological polar surface area (TPSA) is 55.6 Å². The van der Waals surface area contributed by atoms with E-state index in [4.69, 9.17) is 10.5 Å². The largest absolute Gasteiger partial charge is 0.492 e. The SMILES string of the molecule is CCOc1ccc(C(=O)N2[C@H](C)CCC[C@@H]2C)cc1N. The van der Waals surface area contributed by atoms with E-state index in [0.717, 1.165) is 12.8 Å². The van der Waals surface area contributed by atoms with E-state index in [0.29, 0.717) is 35.7 Å². The number of hydrogen-bond acceptors (Lipinski definition) is 3. The Morgan fingerprint density at radius 3 is 2.55 bits per heavy atom. The van der Waals surface area contributed by atoms with E-state index in [9.17, 15) is 4.79 Å². The minimum Gasteiger partial charge on any atom is -0.492 e. The highest BCUT2D eigenvalue weighted by Gasteiger charge is 2.29. The summed E-state index contributed by atoms with van der Waals surface area (Å²) in [6, 6.07) is 5.89. The van der Waals surface area contributed by atoms with Crippen LogP contribution in [0.25, 0.3) is 0 Å². The van der Waals surface area contributed by atoms with Gasteiger partial charge in [-0.05, 0) is 58.2 Å². The van der Waals surface area contributed by atoms with Gasteiger partial charge in [0.05, 0.1) is 12.3 Å². The van der Waals surface area contributed by atoms with Crippen molar-refractivity contribution in [3.8, 4) is 5.75 Å². The third-order valence-corrected chi connectivity index (χ3v) is 3.98. The van der Waals surface area contributed by atoms with Crippen LogP contribution in [0, 0.1) is 0 Å². The third-order valence-electron chi connectivity index (χ3n) is 3.98. The molecule has 1 aromatic carbocycles. The Bertz CT molecular complexity index is 477. The summed E-state index contributed by atoms with van der Waals surface area (Å²) in [4.78, 5) is 14.7. The first-order chi connectivity index (χ1) is 9.54.